The summed E-state index contributed by atoms with van der Waals surface area (Å²) in [6.45, 7) is -1.79. The Morgan fingerprint density at radius 2 is 1.77 bits per heavy atom. The van der Waals surface area contributed by atoms with E-state index in [-0.39, 0.29) is 15.9 Å². The molecule has 4 heterocycles. The van der Waals surface area contributed by atoms with Gasteiger partial charge in [-0.3, -0.25) is 28.9 Å². The molecule has 2 aromatic rings. The number of carboxylic acid groups (broad SMARTS) is 2. The van der Waals surface area contributed by atoms with Crippen molar-refractivity contribution in [2.75, 3.05) is 24.8 Å². The lowest BCUT2D eigenvalue weighted by Gasteiger charge is -2.31. The van der Waals surface area contributed by atoms with Gasteiger partial charge >= 0.3 is 23.6 Å². The third-order valence-electron chi connectivity index (χ3n) is 7.59. The molecule has 0 saturated carbocycles. The number of rotatable bonds is 12. The van der Waals surface area contributed by atoms with Crippen molar-refractivity contribution in [3.8, 4) is 11.5 Å². The van der Waals surface area contributed by atoms with Crippen LogP contribution in [0.4, 0.5) is 5.13 Å². The monoisotopic (exact) mass is 711 g/mol. The molecule has 0 aliphatic carbocycles. The van der Waals surface area contributed by atoms with Crippen LogP contribution in [0.5, 0.6) is 11.5 Å². The van der Waals surface area contributed by atoms with Crippen molar-refractivity contribution in [2.45, 2.75) is 30.2 Å². The molecule has 1 aromatic carbocycles. The Hall–Kier alpha value is -5.38. The molecule has 1 aromatic heterocycles. The van der Waals surface area contributed by atoms with Gasteiger partial charge in [0.2, 0.25) is 0 Å². The van der Waals surface area contributed by atoms with Gasteiger partial charge in [0.05, 0.1) is 42.6 Å². The molecule has 2 saturated heterocycles. The molecule has 2 fully saturated rings. The number of aliphatic hydroxyl groups is 1. The van der Waals surface area contributed by atoms with Crippen LogP contribution in [0.3, 0.4) is 0 Å². The number of phenolic OH excluding ortho intramolecular Hbond substituents is 2. The Morgan fingerprint density at radius 3 is 2.27 bits per heavy atom. The number of thiazole rings is 1. The van der Waals surface area contributed by atoms with Crippen LogP contribution in [-0.4, -0.2) is 124 Å². The van der Waals surface area contributed by atoms with Crippen molar-refractivity contribution in [2.24, 2.45) is 11.1 Å². The number of cyclic esters (lactones) is 1. The molecule has 0 radical (unpaired) electrons. The van der Waals surface area contributed by atoms with E-state index in [4.69, 9.17) is 31.7 Å². The molecular formula is C26H22ClN5O15S. The van der Waals surface area contributed by atoms with Gasteiger partial charge in [-0.15, -0.1) is 22.9 Å². The summed E-state index contributed by atoms with van der Waals surface area (Å²) in [7, 11) is 0. The van der Waals surface area contributed by atoms with E-state index in [1.54, 1.807) is 0 Å². The maximum absolute atomic E-state index is 13.5. The average molecular weight is 712 g/mol. The lowest BCUT2D eigenvalue weighted by atomic mass is 9.98. The number of hydrogen-bond acceptors (Lipinski definition) is 17. The third kappa shape index (κ3) is 5.40. The van der Waals surface area contributed by atoms with Crippen molar-refractivity contribution >= 4 is 75.2 Å². The van der Waals surface area contributed by atoms with Crippen LogP contribution in [0.2, 0.25) is 0 Å². The topological polar surface area (TPSA) is 306 Å². The number of nitrogens with zero attached hydrogens (tertiary/aromatic N) is 4. The van der Waals surface area contributed by atoms with E-state index in [0.29, 0.717) is 4.90 Å². The molecule has 0 spiro atoms. The highest BCUT2D eigenvalue weighted by Gasteiger charge is 2.65. The Morgan fingerprint density at radius 1 is 1.15 bits per heavy atom. The molecule has 48 heavy (non-hydrogen) atoms. The first-order valence-corrected chi connectivity index (χ1v) is 14.8. The van der Waals surface area contributed by atoms with Gasteiger partial charge in [-0.25, -0.2) is 19.4 Å². The number of ether oxygens (including phenoxy) is 1. The molecule has 22 heteroatoms. The number of aromatic hydroxyl groups is 2. The Labute approximate surface area is 275 Å². The van der Waals surface area contributed by atoms with Crippen LogP contribution in [0.25, 0.3) is 0 Å². The van der Waals surface area contributed by atoms with Crippen LogP contribution >= 0.6 is 22.9 Å². The summed E-state index contributed by atoms with van der Waals surface area (Å²) in [6.07, 6.45) is -1.78. The highest BCUT2D eigenvalue weighted by atomic mass is 35.5. The van der Waals surface area contributed by atoms with Crippen LogP contribution in [0.1, 0.15) is 39.3 Å². The predicted octanol–water partition coefficient (Wildman–Crippen LogP) is -1.35. The van der Waals surface area contributed by atoms with Crippen molar-refractivity contribution in [3.63, 3.8) is 0 Å². The van der Waals surface area contributed by atoms with Crippen LogP contribution in [0.15, 0.2) is 22.7 Å². The number of amides is 3. The number of fused-ring (bicyclic) bond motifs is 1. The van der Waals surface area contributed by atoms with E-state index < -0.39 is 125 Å². The first kappa shape index (κ1) is 34.0. The smallest absolute Gasteiger partial charge is 0.372 e. The number of carbonyl (C=O) groups excluding carboxylic acids is 5. The number of carboxylic acids is 2. The first-order chi connectivity index (χ1) is 22.6. The minimum absolute atomic E-state index is 0.0337. The molecular weight excluding hydrogens is 690 g/mol. The van der Waals surface area contributed by atoms with E-state index in [2.05, 4.69) is 10.1 Å². The molecule has 2 unspecified atom stereocenters. The molecule has 254 valence electrons. The lowest BCUT2D eigenvalue weighted by molar-refractivity contribution is -0.256. The van der Waals surface area contributed by atoms with E-state index >= 15 is 0 Å². The number of aromatic nitrogens is 1. The van der Waals surface area contributed by atoms with Crippen molar-refractivity contribution in [1.82, 2.24) is 14.9 Å². The number of ketones is 1. The summed E-state index contributed by atoms with van der Waals surface area (Å²) >= 11 is 6.52. The van der Waals surface area contributed by atoms with E-state index in [1.807, 2.05) is 0 Å². The van der Waals surface area contributed by atoms with Gasteiger partial charge in [0.15, 0.2) is 28.1 Å². The number of imide groups is 1. The molecule has 5 rings (SSSR count). The number of aliphatic hydroxyl groups excluding tert-OH is 1. The summed E-state index contributed by atoms with van der Waals surface area (Å²) < 4.78 is 5.08. The van der Waals surface area contributed by atoms with Crippen molar-refractivity contribution in [1.29, 1.82) is 0 Å². The number of hydrogen-bond donors (Lipinski definition) is 6. The summed E-state index contributed by atoms with van der Waals surface area (Å²) in [4.78, 5) is 105. The number of halogens is 1. The fraction of sp³-hybridized carbons (Fsp3) is 0.346. The number of anilines is 1. The number of Topliss-reactive ketones (excluding diaryl/α,β-unsaturated/α-hetero) is 1. The summed E-state index contributed by atoms with van der Waals surface area (Å²) in [5.74, 6) is -13.2. The molecule has 7 N–H and O–H groups in total. The molecule has 3 amide bonds. The van der Waals surface area contributed by atoms with Gasteiger partial charge in [0.1, 0.15) is 11.7 Å². The summed E-state index contributed by atoms with van der Waals surface area (Å²) in [6, 6.07) is -0.328. The first-order valence-electron chi connectivity index (χ1n) is 13.4. The standard InChI is InChI=1S/C26H22ClN5O15S/c27-7-25(8-33,22(41)42)47-30-17(12-6-48-24(28)29-12)16(36)1-9-5-45-32(18(9)37)26(23(43)44)4-13(21(40)46-26)31-19(38)10-2-14(34)15(35)3-11(10)20(31)39/h2-3,6,9,13,33-35H,1,4-5,7-8H2,(H2,28,29)(H,41,42)(H,43,44)/b30-17-/t9-,13-,25?,26?/m0/s1. The second-order valence-corrected chi connectivity index (χ2v) is 11.7. The lowest BCUT2D eigenvalue weighted by Crippen LogP contribution is -2.56. The van der Waals surface area contributed by atoms with Gasteiger partial charge in [-0.05, 0) is 12.1 Å². The summed E-state index contributed by atoms with van der Waals surface area (Å²) in [5.41, 5.74) is -1.36. The third-order valence-corrected chi connectivity index (χ3v) is 8.69. The minimum Gasteiger partial charge on any atom is -0.504 e. The minimum atomic E-state index is -2.91. The van der Waals surface area contributed by atoms with Gasteiger partial charge in [-0.2, -0.15) is 5.06 Å². The quantitative estimate of drug-likeness (QED) is 0.0370. The second kappa shape index (κ2) is 12.3. The number of hydroxylamine groups is 2. The molecule has 20 nitrogen and oxygen atoms in total. The fourth-order valence-electron chi connectivity index (χ4n) is 4.97. The number of nitrogens with two attached hydrogens (primary N) is 1. The van der Waals surface area contributed by atoms with Crippen LogP contribution < -0.4 is 5.73 Å². The van der Waals surface area contributed by atoms with Crippen molar-refractivity contribution in [3.05, 3.63) is 34.3 Å². The summed E-state index contributed by atoms with van der Waals surface area (Å²) in [5, 5.41) is 53.7. The number of alkyl halides is 1. The highest BCUT2D eigenvalue weighted by molar-refractivity contribution is 7.13. The Kier molecular flexibility index (Phi) is 8.73. The van der Waals surface area contributed by atoms with E-state index in [1.165, 1.54) is 5.38 Å². The number of oxime groups is 1. The maximum Gasteiger partial charge on any atom is 0.372 e. The van der Waals surface area contributed by atoms with Crippen LogP contribution in [-0.2, 0) is 38.4 Å². The van der Waals surface area contributed by atoms with E-state index in [9.17, 15) is 59.1 Å². The molecule has 4 atom stereocenters. The molecule has 0 bridgehead atoms. The highest BCUT2D eigenvalue weighted by Crippen LogP contribution is 2.41. The fourth-order valence-corrected chi connectivity index (χ4v) is 5.76. The largest absolute Gasteiger partial charge is 0.504 e. The Balaban J connectivity index is 1.38. The zero-order chi connectivity index (χ0) is 35.3. The zero-order valence-corrected chi connectivity index (χ0v) is 25.5. The normalized spacial score (nSPS) is 23.7. The van der Waals surface area contributed by atoms with E-state index in [0.717, 1.165) is 23.5 Å². The van der Waals surface area contributed by atoms with Gasteiger partial charge in [-0.1, -0.05) is 5.16 Å². The van der Waals surface area contributed by atoms with Gasteiger partial charge < -0.3 is 40.8 Å². The number of aliphatic carboxylic acids is 2. The van der Waals surface area contributed by atoms with Crippen molar-refractivity contribution < 1.29 is 73.5 Å². The number of esters is 1. The second-order valence-electron chi connectivity index (χ2n) is 10.5. The number of carbonyl (C=O) groups is 7. The molecule has 3 aliphatic heterocycles. The number of benzene rings is 1. The van der Waals surface area contributed by atoms with Gasteiger partial charge in [0.25, 0.3) is 23.3 Å². The predicted molar refractivity (Wildman–Crippen MR) is 153 cm³/mol. The Bertz CT molecular complexity index is 1770. The number of nitrogen functional groups attached to an aromatic ring is 1. The zero-order valence-electron chi connectivity index (χ0n) is 23.9. The SMILES string of the molecule is Nc1nc(/C(=N/OC(CO)(CCl)C(=O)O)C(=O)C[C@H]2CON(C3(C(=O)O)C[C@H](N4C(=O)c5cc(O)c(O)cc5C4=O)C(=O)O3)C2=O)cs1. The number of phenols is 2. The average Bonchev–Trinajstić information content (AvgIpc) is 3.77. The molecule has 3 aliphatic rings. The maximum atomic E-state index is 13.5. The van der Waals surface area contributed by atoms with Crippen LogP contribution in [0, 0.1) is 5.92 Å². The van der Waals surface area contributed by atoms with Gasteiger partial charge in [0, 0.05) is 11.8 Å².